The van der Waals surface area contributed by atoms with Gasteiger partial charge in [-0.3, -0.25) is 0 Å². The number of aliphatic hydroxyl groups is 1. The number of rotatable bonds is 4. The number of halogens is 3. The van der Waals surface area contributed by atoms with Crippen LogP contribution in [0, 0.1) is 0 Å². The summed E-state index contributed by atoms with van der Waals surface area (Å²) in [5.74, 6) is 0. The van der Waals surface area contributed by atoms with E-state index in [1.807, 2.05) is 30.3 Å². The van der Waals surface area contributed by atoms with Gasteiger partial charge in [-0.2, -0.15) is 0 Å². The summed E-state index contributed by atoms with van der Waals surface area (Å²) in [4.78, 5) is 0. The van der Waals surface area contributed by atoms with E-state index in [2.05, 4.69) is 0 Å². The van der Waals surface area contributed by atoms with Crippen LogP contribution in [0.25, 0.3) is 0 Å². The van der Waals surface area contributed by atoms with Crippen LogP contribution in [0.15, 0.2) is 42.5 Å². The zero-order valence-electron chi connectivity index (χ0n) is 10.1. The maximum absolute atomic E-state index is 10.1. The summed E-state index contributed by atoms with van der Waals surface area (Å²) >= 11 is 18.0. The Morgan fingerprint density at radius 3 is 2.11 bits per heavy atom. The van der Waals surface area contributed by atoms with Crippen LogP contribution in [0.1, 0.15) is 11.1 Å². The highest BCUT2D eigenvalue weighted by Crippen LogP contribution is 2.24. The fourth-order valence-electron chi connectivity index (χ4n) is 1.93. The van der Waals surface area contributed by atoms with E-state index >= 15 is 0 Å². The highest BCUT2D eigenvalue weighted by atomic mass is 35.5. The average Bonchev–Trinajstić information content (AvgIpc) is 2.36. The molecule has 1 nitrogen and oxygen atoms in total. The number of benzene rings is 2. The smallest absolute Gasteiger partial charge is 0.0621 e. The Kier molecular flexibility index (Phi) is 5.12. The molecule has 0 aromatic heterocycles. The zero-order chi connectivity index (χ0) is 13.8. The molecule has 1 atom stereocenters. The molecule has 0 bridgehead atoms. The van der Waals surface area contributed by atoms with Gasteiger partial charge in [0.1, 0.15) is 0 Å². The molecule has 0 heterocycles. The van der Waals surface area contributed by atoms with E-state index in [-0.39, 0.29) is 0 Å². The maximum atomic E-state index is 10.1. The minimum absolute atomic E-state index is 0.473. The Morgan fingerprint density at radius 2 is 1.47 bits per heavy atom. The second kappa shape index (κ2) is 6.62. The third-order valence-corrected chi connectivity index (χ3v) is 3.84. The summed E-state index contributed by atoms with van der Waals surface area (Å²) in [6.07, 6.45) is 0.443. The summed E-state index contributed by atoms with van der Waals surface area (Å²) in [6, 6.07) is 12.8. The molecule has 0 aliphatic rings. The van der Waals surface area contributed by atoms with Gasteiger partial charge in [0.2, 0.25) is 0 Å². The summed E-state index contributed by atoms with van der Waals surface area (Å²) in [6.45, 7) is 0. The van der Waals surface area contributed by atoms with E-state index in [9.17, 15) is 5.11 Å². The second-order valence-electron chi connectivity index (χ2n) is 4.39. The molecule has 0 fully saturated rings. The zero-order valence-corrected chi connectivity index (χ0v) is 12.4. The molecule has 0 spiro atoms. The van der Waals surface area contributed by atoms with Crippen LogP contribution in [0.2, 0.25) is 15.1 Å². The van der Waals surface area contributed by atoms with Crippen molar-refractivity contribution in [2.24, 2.45) is 0 Å². The highest BCUT2D eigenvalue weighted by Gasteiger charge is 2.11. The van der Waals surface area contributed by atoms with Crippen molar-refractivity contribution < 1.29 is 5.11 Å². The fraction of sp³-hybridized carbons (Fsp3) is 0.200. The molecule has 100 valence electrons. The van der Waals surface area contributed by atoms with E-state index in [0.717, 1.165) is 11.1 Å². The largest absolute Gasteiger partial charge is 0.392 e. The molecule has 4 heteroatoms. The molecule has 19 heavy (non-hydrogen) atoms. The lowest BCUT2D eigenvalue weighted by molar-refractivity contribution is 0.175. The van der Waals surface area contributed by atoms with Crippen LogP contribution in [-0.4, -0.2) is 11.2 Å². The highest BCUT2D eigenvalue weighted by molar-refractivity contribution is 6.35. The Balaban J connectivity index is 2.05. The summed E-state index contributed by atoms with van der Waals surface area (Å²) < 4.78 is 0. The van der Waals surface area contributed by atoms with Crippen LogP contribution in [0.4, 0.5) is 0 Å². The van der Waals surface area contributed by atoms with Crippen molar-refractivity contribution in [3.63, 3.8) is 0 Å². The molecule has 0 saturated carbocycles. The van der Waals surface area contributed by atoms with Gasteiger partial charge in [-0.05, 0) is 29.3 Å². The van der Waals surface area contributed by atoms with Gasteiger partial charge in [0.15, 0.2) is 0 Å². The van der Waals surface area contributed by atoms with Crippen molar-refractivity contribution in [1.29, 1.82) is 0 Å². The van der Waals surface area contributed by atoms with Gasteiger partial charge >= 0.3 is 0 Å². The lowest BCUT2D eigenvalue weighted by Gasteiger charge is -2.13. The molecule has 0 amide bonds. The van der Waals surface area contributed by atoms with Crippen LogP contribution in [-0.2, 0) is 12.8 Å². The minimum Gasteiger partial charge on any atom is -0.392 e. The van der Waals surface area contributed by atoms with Crippen molar-refractivity contribution in [3.05, 3.63) is 68.7 Å². The number of hydrogen-bond acceptors (Lipinski definition) is 1. The molecule has 0 aliphatic carbocycles. The minimum atomic E-state index is -0.529. The maximum Gasteiger partial charge on any atom is 0.0621 e. The molecule has 0 radical (unpaired) electrons. The molecule has 2 aromatic carbocycles. The van der Waals surface area contributed by atoms with Gasteiger partial charge in [0, 0.05) is 27.9 Å². The lowest BCUT2D eigenvalue weighted by atomic mass is 10.0. The summed E-state index contributed by atoms with van der Waals surface area (Å²) in [5.41, 5.74) is 1.81. The second-order valence-corrected chi connectivity index (χ2v) is 5.64. The van der Waals surface area contributed by atoms with E-state index < -0.39 is 6.10 Å². The Morgan fingerprint density at radius 1 is 0.842 bits per heavy atom. The van der Waals surface area contributed by atoms with E-state index in [1.165, 1.54) is 0 Å². The Labute approximate surface area is 127 Å². The van der Waals surface area contributed by atoms with Crippen LogP contribution < -0.4 is 0 Å². The topological polar surface area (TPSA) is 20.2 Å². The Bertz CT molecular complexity index is 569. The first kappa shape index (κ1) is 14.7. The van der Waals surface area contributed by atoms with Crippen molar-refractivity contribution in [1.82, 2.24) is 0 Å². The quantitative estimate of drug-likeness (QED) is 0.860. The first-order valence-electron chi connectivity index (χ1n) is 5.91. The first-order valence-corrected chi connectivity index (χ1v) is 7.05. The lowest BCUT2D eigenvalue weighted by Crippen LogP contribution is -2.14. The van der Waals surface area contributed by atoms with E-state index in [1.54, 1.807) is 12.1 Å². The molecule has 1 unspecified atom stereocenters. The number of hydrogen-bond donors (Lipinski definition) is 1. The van der Waals surface area contributed by atoms with Crippen molar-refractivity contribution in [2.45, 2.75) is 18.9 Å². The number of aliphatic hydroxyl groups excluding tert-OH is 1. The molecule has 2 rings (SSSR count). The predicted molar refractivity (Wildman–Crippen MR) is 81.3 cm³/mol. The Hall–Kier alpha value is -0.730. The summed E-state index contributed by atoms with van der Waals surface area (Å²) in [5, 5.41) is 12.0. The van der Waals surface area contributed by atoms with Gasteiger partial charge in [0.05, 0.1) is 6.10 Å². The van der Waals surface area contributed by atoms with Gasteiger partial charge in [-0.25, -0.2) is 0 Å². The third kappa shape index (κ3) is 4.12. The van der Waals surface area contributed by atoms with Crippen LogP contribution in [0.5, 0.6) is 0 Å². The van der Waals surface area contributed by atoms with Gasteiger partial charge in [0.25, 0.3) is 0 Å². The standard InChI is InChI=1S/C15H13Cl3O/c16-12-6-5-11(15(18)9-12)8-13(19)7-10-3-1-2-4-14(10)17/h1-6,9,13,19H,7-8H2. The van der Waals surface area contributed by atoms with Gasteiger partial charge in [-0.1, -0.05) is 59.1 Å². The first-order chi connectivity index (χ1) is 9.06. The SMILES string of the molecule is OC(Cc1ccccc1Cl)Cc1ccc(Cl)cc1Cl. The molecule has 2 aromatic rings. The monoisotopic (exact) mass is 314 g/mol. The van der Waals surface area contributed by atoms with E-state index in [0.29, 0.717) is 27.9 Å². The van der Waals surface area contributed by atoms with Gasteiger partial charge in [-0.15, -0.1) is 0 Å². The average molecular weight is 316 g/mol. The van der Waals surface area contributed by atoms with Gasteiger partial charge < -0.3 is 5.11 Å². The van der Waals surface area contributed by atoms with Crippen molar-refractivity contribution in [3.8, 4) is 0 Å². The normalized spacial score (nSPS) is 12.4. The third-order valence-electron chi connectivity index (χ3n) is 2.88. The van der Waals surface area contributed by atoms with E-state index in [4.69, 9.17) is 34.8 Å². The van der Waals surface area contributed by atoms with Crippen molar-refractivity contribution >= 4 is 34.8 Å². The molecular formula is C15H13Cl3O. The van der Waals surface area contributed by atoms with Crippen molar-refractivity contribution in [2.75, 3.05) is 0 Å². The van der Waals surface area contributed by atoms with Crippen LogP contribution >= 0.6 is 34.8 Å². The molecule has 0 aliphatic heterocycles. The molecule has 1 N–H and O–H groups in total. The summed E-state index contributed by atoms with van der Waals surface area (Å²) in [7, 11) is 0. The molecule has 0 saturated heterocycles. The molecular weight excluding hydrogens is 303 g/mol. The fourth-order valence-corrected chi connectivity index (χ4v) is 2.63. The predicted octanol–water partition coefficient (Wildman–Crippen LogP) is 4.79. The van der Waals surface area contributed by atoms with Crippen LogP contribution in [0.3, 0.4) is 0 Å².